The van der Waals surface area contributed by atoms with Crippen molar-refractivity contribution in [2.45, 2.75) is 44.1 Å². The fourth-order valence-electron chi connectivity index (χ4n) is 2.69. The largest absolute Gasteiger partial charge is 0.481 e. The maximum Gasteiger partial charge on any atom is 0.410 e. The molecule has 7 nitrogen and oxygen atoms in total. The number of sulfone groups is 1. The van der Waals surface area contributed by atoms with Gasteiger partial charge in [0.1, 0.15) is 5.60 Å². The van der Waals surface area contributed by atoms with Crippen molar-refractivity contribution in [3.8, 4) is 5.88 Å². The highest BCUT2D eigenvalue weighted by molar-refractivity contribution is 7.91. The molecule has 0 unspecified atom stereocenters. The van der Waals surface area contributed by atoms with E-state index in [0.717, 1.165) is 0 Å². The monoisotopic (exact) mass is 370 g/mol. The quantitative estimate of drug-likeness (QED) is 0.809. The molecule has 1 aromatic heterocycles. The Morgan fingerprint density at radius 2 is 1.92 bits per heavy atom. The number of amides is 1. The number of carbonyl (C=O) groups excluding carboxylic acids is 1. The number of nitrogens with zero attached hydrogens (tertiary/aromatic N) is 2. The molecular weight excluding hydrogens is 344 g/mol. The third-order valence-corrected chi connectivity index (χ3v) is 5.87. The molecule has 1 saturated heterocycles. The standard InChI is InChI=1S/C17H26N2O5S/c1-17(2,3)24-16(20)19-9-7-13(8-10-19)12-25(21,22)14-5-6-15(23-4)18-11-14/h5-6,11,13H,7-10,12H2,1-4H3. The average Bonchev–Trinajstić information content (AvgIpc) is 2.53. The molecule has 0 atom stereocenters. The minimum absolute atomic E-state index is 0.0192. The second-order valence-corrected chi connectivity index (χ2v) is 9.26. The van der Waals surface area contributed by atoms with Crippen molar-refractivity contribution in [2.24, 2.45) is 5.92 Å². The molecule has 1 aliphatic heterocycles. The molecule has 0 N–H and O–H groups in total. The van der Waals surface area contributed by atoms with Crippen molar-refractivity contribution in [3.63, 3.8) is 0 Å². The summed E-state index contributed by atoms with van der Waals surface area (Å²) >= 11 is 0. The SMILES string of the molecule is COc1ccc(S(=O)(=O)CC2CCN(C(=O)OC(C)(C)C)CC2)cn1. The second-order valence-electron chi connectivity index (χ2n) is 7.23. The minimum Gasteiger partial charge on any atom is -0.481 e. The van der Waals surface area contributed by atoms with Gasteiger partial charge in [-0.05, 0) is 45.6 Å². The Balaban J connectivity index is 1.91. The first-order chi connectivity index (χ1) is 11.6. The van der Waals surface area contributed by atoms with Gasteiger partial charge in [0.25, 0.3) is 0 Å². The first kappa shape index (κ1) is 19.5. The molecule has 2 rings (SSSR count). The number of hydrogen-bond donors (Lipinski definition) is 0. The van der Waals surface area contributed by atoms with Crippen molar-refractivity contribution in [3.05, 3.63) is 18.3 Å². The molecule has 0 radical (unpaired) electrons. The minimum atomic E-state index is -3.40. The van der Waals surface area contributed by atoms with Crippen LogP contribution < -0.4 is 4.74 Å². The second kappa shape index (κ2) is 7.59. The smallest absolute Gasteiger partial charge is 0.410 e. The molecular formula is C17H26N2O5S. The Labute approximate surface area is 149 Å². The van der Waals surface area contributed by atoms with Crippen molar-refractivity contribution in [1.29, 1.82) is 0 Å². The summed E-state index contributed by atoms with van der Waals surface area (Å²) in [7, 11) is -1.92. The van der Waals surface area contributed by atoms with Crippen LogP contribution in [0.5, 0.6) is 5.88 Å². The summed E-state index contributed by atoms with van der Waals surface area (Å²) in [6, 6.07) is 3.05. The van der Waals surface area contributed by atoms with Crippen LogP contribution in [0.2, 0.25) is 0 Å². The number of methoxy groups -OCH3 is 1. The fraction of sp³-hybridized carbons (Fsp3) is 0.647. The molecule has 0 bridgehead atoms. The number of hydrogen-bond acceptors (Lipinski definition) is 6. The zero-order valence-corrected chi connectivity index (χ0v) is 16.0. The van der Waals surface area contributed by atoms with Crippen molar-refractivity contribution in [1.82, 2.24) is 9.88 Å². The van der Waals surface area contributed by atoms with Gasteiger partial charge in [-0.15, -0.1) is 0 Å². The zero-order valence-electron chi connectivity index (χ0n) is 15.2. The number of carbonyl (C=O) groups is 1. The Bertz CT molecular complexity index is 687. The first-order valence-electron chi connectivity index (χ1n) is 8.31. The maximum absolute atomic E-state index is 12.5. The normalized spacial score (nSPS) is 16.6. The van der Waals surface area contributed by atoms with Crippen LogP contribution in [0.3, 0.4) is 0 Å². The molecule has 8 heteroatoms. The molecule has 2 heterocycles. The van der Waals surface area contributed by atoms with E-state index in [0.29, 0.717) is 31.8 Å². The van der Waals surface area contributed by atoms with Gasteiger partial charge in [-0.25, -0.2) is 18.2 Å². The van der Waals surface area contributed by atoms with Crippen LogP contribution >= 0.6 is 0 Å². The van der Waals surface area contributed by atoms with Gasteiger partial charge in [0.2, 0.25) is 5.88 Å². The van der Waals surface area contributed by atoms with E-state index in [2.05, 4.69) is 4.98 Å². The zero-order chi connectivity index (χ0) is 18.7. The summed E-state index contributed by atoms with van der Waals surface area (Å²) in [6.07, 6.45) is 2.27. The molecule has 140 valence electrons. The molecule has 1 aliphatic rings. The predicted octanol–water partition coefficient (Wildman–Crippen LogP) is 2.51. The summed E-state index contributed by atoms with van der Waals surface area (Å²) in [4.78, 5) is 17.8. The van der Waals surface area contributed by atoms with Crippen molar-refractivity contribution in [2.75, 3.05) is 26.0 Å². The number of likely N-dealkylation sites (tertiary alicyclic amines) is 1. The third kappa shape index (κ3) is 5.59. The number of aromatic nitrogens is 1. The van der Waals surface area contributed by atoms with Crippen LogP contribution in [0.25, 0.3) is 0 Å². The van der Waals surface area contributed by atoms with E-state index in [1.165, 1.54) is 25.4 Å². The number of pyridine rings is 1. The van der Waals surface area contributed by atoms with E-state index >= 15 is 0 Å². The molecule has 0 saturated carbocycles. The van der Waals surface area contributed by atoms with E-state index in [9.17, 15) is 13.2 Å². The highest BCUT2D eigenvalue weighted by Gasteiger charge is 2.29. The molecule has 1 amide bonds. The van der Waals surface area contributed by atoms with Crippen LogP contribution in [0, 0.1) is 5.92 Å². The summed E-state index contributed by atoms with van der Waals surface area (Å²) in [5, 5.41) is 0. The lowest BCUT2D eigenvalue weighted by molar-refractivity contribution is 0.0191. The summed E-state index contributed by atoms with van der Waals surface area (Å²) < 4.78 is 35.3. The summed E-state index contributed by atoms with van der Waals surface area (Å²) in [5.74, 6) is 0.457. The van der Waals surface area contributed by atoms with E-state index in [4.69, 9.17) is 9.47 Å². The van der Waals surface area contributed by atoms with Crippen LogP contribution in [-0.2, 0) is 14.6 Å². The van der Waals surface area contributed by atoms with Crippen LogP contribution in [0.4, 0.5) is 4.79 Å². The van der Waals surface area contributed by atoms with Crippen LogP contribution in [0.15, 0.2) is 23.2 Å². The number of piperidine rings is 1. The van der Waals surface area contributed by atoms with Gasteiger partial charge < -0.3 is 14.4 Å². The molecule has 25 heavy (non-hydrogen) atoms. The molecule has 1 aromatic rings. The van der Waals surface area contributed by atoms with Gasteiger partial charge >= 0.3 is 6.09 Å². The van der Waals surface area contributed by atoms with E-state index in [-0.39, 0.29) is 22.7 Å². The number of rotatable bonds is 4. The summed E-state index contributed by atoms with van der Waals surface area (Å²) in [5.41, 5.74) is -0.529. The Morgan fingerprint density at radius 3 is 2.40 bits per heavy atom. The van der Waals surface area contributed by atoms with Crippen LogP contribution in [0.1, 0.15) is 33.6 Å². The molecule has 0 spiro atoms. The molecule has 1 fully saturated rings. The lowest BCUT2D eigenvalue weighted by atomic mass is 9.99. The van der Waals surface area contributed by atoms with Crippen molar-refractivity contribution >= 4 is 15.9 Å². The first-order valence-corrected chi connectivity index (χ1v) is 9.97. The van der Waals surface area contributed by atoms with E-state index < -0.39 is 15.4 Å². The summed E-state index contributed by atoms with van der Waals surface area (Å²) in [6.45, 7) is 6.50. The van der Waals surface area contributed by atoms with Crippen molar-refractivity contribution < 1.29 is 22.7 Å². The lowest BCUT2D eigenvalue weighted by Crippen LogP contribution is -2.42. The Hall–Kier alpha value is -1.83. The van der Waals surface area contributed by atoms with E-state index in [1.54, 1.807) is 4.90 Å². The van der Waals surface area contributed by atoms with Gasteiger partial charge in [-0.2, -0.15) is 0 Å². The Kier molecular flexibility index (Phi) is 5.92. The third-order valence-electron chi connectivity index (χ3n) is 4.00. The van der Waals surface area contributed by atoms with E-state index in [1.807, 2.05) is 20.8 Å². The van der Waals surface area contributed by atoms with Gasteiger partial charge in [0, 0.05) is 25.4 Å². The van der Waals surface area contributed by atoms with Gasteiger partial charge in [0.05, 0.1) is 17.8 Å². The lowest BCUT2D eigenvalue weighted by Gasteiger charge is -2.33. The highest BCUT2D eigenvalue weighted by atomic mass is 32.2. The topological polar surface area (TPSA) is 85.8 Å². The Morgan fingerprint density at radius 1 is 1.28 bits per heavy atom. The van der Waals surface area contributed by atoms with Gasteiger partial charge in [0.15, 0.2) is 9.84 Å². The van der Waals surface area contributed by atoms with Gasteiger partial charge in [-0.1, -0.05) is 0 Å². The fourth-order valence-corrected chi connectivity index (χ4v) is 4.32. The van der Waals surface area contributed by atoms with Crippen LogP contribution in [-0.4, -0.2) is 55.9 Å². The average molecular weight is 370 g/mol. The maximum atomic E-state index is 12.5. The highest BCUT2D eigenvalue weighted by Crippen LogP contribution is 2.24. The molecule has 0 aromatic carbocycles. The van der Waals surface area contributed by atoms with Gasteiger partial charge in [-0.3, -0.25) is 0 Å². The number of ether oxygens (including phenoxy) is 2. The molecule has 0 aliphatic carbocycles. The predicted molar refractivity (Wildman–Crippen MR) is 93.4 cm³/mol.